The maximum Gasteiger partial charge on any atom is 0.0600 e. The number of likely N-dealkylation sites (N-methyl/N-ethyl adjacent to an activating group) is 2. The Morgan fingerprint density at radius 3 is 2.29 bits per heavy atom. The van der Waals surface area contributed by atoms with Crippen molar-refractivity contribution in [3.8, 4) is 0 Å². The van der Waals surface area contributed by atoms with Crippen LogP contribution in [0.3, 0.4) is 0 Å². The first-order chi connectivity index (χ1) is 7.95. The molecule has 3 nitrogen and oxygen atoms in total. The minimum Gasteiger partial charge on any atom is -0.397 e. The Morgan fingerprint density at radius 1 is 1.12 bits per heavy atom. The van der Waals surface area contributed by atoms with Crippen molar-refractivity contribution in [2.24, 2.45) is 0 Å². The highest BCUT2D eigenvalue weighted by Gasteiger charge is 2.08. The van der Waals surface area contributed by atoms with Crippen LogP contribution in [0.2, 0.25) is 0 Å². The Morgan fingerprint density at radius 2 is 1.76 bits per heavy atom. The van der Waals surface area contributed by atoms with Crippen LogP contribution in [0.5, 0.6) is 0 Å². The first kappa shape index (κ1) is 13.8. The van der Waals surface area contributed by atoms with E-state index in [0.29, 0.717) is 0 Å². The van der Waals surface area contributed by atoms with E-state index in [4.69, 9.17) is 5.73 Å². The second kappa shape index (κ2) is 5.92. The van der Waals surface area contributed by atoms with E-state index in [1.54, 1.807) is 0 Å². The number of benzene rings is 1. The number of aryl methyl sites for hydroxylation is 2. The molecule has 0 aliphatic rings. The van der Waals surface area contributed by atoms with Gasteiger partial charge in [-0.15, -0.1) is 0 Å². The molecule has 2 N–H and O–H groups in total. The predicted octanol–water partition coefficient (Wildman–Crippen LogP) is 2.14. The van der Waals surface area contributed by atoms with Crippen molar-refractivity contribution in [1.82, 2.24) is 4.90 Å². The average Bonchev–Trinajstić information content (AvgIpc) is 2.26. The summed E-state index contributed by atoms with van der Waals surface area (Å²) in [6.07, 6.45) is 1.06. The maximum absolute atomic E-state index is 6.10. The van der Waals surface area contributed by atoms with E-state index in [-0.39, 0.29) is 0 Å². The van der Waals surface area contributed by atoms with Gasteiger partial charge >= 0.3 is 0 Å². The van der Waals surface area contributed by atoms with Crippen molar-refractivity contribution in [1.29, 1.82) is 0 Å². The van der Waals surface area contributed by atoms with Crippen molar-refractivity contribution < 1.29 is 0 Å². The van der Waals surface area contributed by atoms with Crippen molar-refractivity contribution in [3.05, 3.63) is 23.3 Å². The van der Waals surface area contributed by atoms with E-state index in [1.807, 2.05) is 0 Å². The van der Waals surface area contributed by atoms with Gasteiger partial charge in [0, 0.05) is 20.1 Å². The van der Waals surface area contributed by atoms with Crippen LogP contribution in [0.15, 0.2) is 12.1 Å². The highest BCUT2D eigenvalue weighted by Crippen LogP contribution is 2.26. The summed E-state index contributed by atoms with van der Waals surface area (Å²) in [5, 5.41) is 0. The lowest BCUT2D eigenvalue weighted by atomic mass is 10.0. The summed E-state index contributed by atoms with van der Waals surface area (Å²) < 4.78 is 0. The molecule has 1 aromatic carbocycles. The third-order valence-electron chi connectivity index (χ3n) is 3.16. The number of nitrogens with two attached hydrogens (primary N) is 1. The third-order valence-corrected chi connectivity index (χ3v) is 3.16. The summed E-state index contributed by atoms with van der Waals surface area (Å²) >= 11 is 0. The molecule has 0 saturated carbocycles. The van der Waals surface area contributed by atoms with Gasteiger partial charge in [0.15, 0.2) is 0 Å². The van der Waals surface area contributed by atoms with Gasteiger partial charge in [0.2, 0.25) is 0 Å². The molecule has 0 radical (unpaired) electrons. The van der Waals surface area contributed by atoms with Crippen LogP contribution >= 0.6 is 0 Å². The molecule has 0 aliphatic carbocycles. The van der Waals surface area contributed by atoms with Gasteiger partial charge in [0.1, 0.15) is 0 Å². The topological polar surface area (TPSA) is 32.5 Å². The van der Waals surface area contributed by atoms with Crippen LogP contribution in [-0.4, -0.2) is 39.1 Å². The normalized spacial score (nSPS) is 10.9. The summed E-state index contributed by atoms with van der Waals surface area (Å²) in [5.74, 6) is 0. The zero-order valence-corrected chi connectivity index (χ0v) is 11.7. The zero-order valence-electron chi connectivity index (χ0n) is 11.7. The highest BCUT2D eigenvalue weighted by atomic mass is 15.2. The number of nitrogen functional groups attached to an aromatic ring is 1. The van der Waals surface area contributed by atoms with Crippen LogP contribution < -0.4 is 10.6 Å². The monoisotopic (exact) mass is 235 g/mol. The first-order valence-corrected chi connectivity index (χ1v) is 6.20. The summed E-state index contributed by atoms with van der Waals surface area (Å²) in [6.45, 7) is 6.33. The molecule has 0 unspecified atom stereocenters. The molecule has 0 aromatic heterocycles. The lowest BCUT2D eigenvalue weighted by Crippen LogP contribution is -2.29. The Labute approximate surface area is 105 Å². The second-order valence-electron chi connectivity index (χ2n) is 4.92. The average molecular weight is 235 g/mol. The van der Waals surface area contributed by atoms with Gasteiger partial charge in [0.05, 0.1) is 11.4 Å². The van der Waals surface area contributed by atoms with Crippen molar-refractivity contribution in [3.63, 3.8) is 0 Å². The number of hydrogen-bond donors (Lipinski definition) is 1. The minimum absolute atomic E-state index is 0.876. The Bertz CT molecular complexity index is 372. The fraction of sp³-hybridized carbons (Fsp3) is 0.571. The van der Waals surface area contributed by atoms with E-state index >= 15 is 0 Å². The molecule has 0 fully saturated rings. The highest BCUT2D eigenvalue weighted by molar-refractivity contribution is 5.69. The molecular weight excluding hydrogens is 210 g/mol. The quantitative estimate of drug-likeness (QED) is 0.794. The van der Waals surface area contributed by atoms with Gasteiger partial charge in [-0.3, -0.25) is 0 Å². The lowest BCUT2D eigenvalue weighted by Gasteiger charge is -2.24. The predicted molar refractivity (Wildman–Crippen MR) is 76.8 cm³/mol. The fourth-order valence-electron chi connectivity index (χ4n) is 1.94. The van der Waals surface area contributed by atoms with Crippen LogP contribution in [0, 0.1) is 6.92 Å². The molecule has 0 bridgehead atoms. The molecule has 17 heavy (non-hydrogen) atoms. The standard InChI is InChI=1S/C14H25N3/c1-6-12-10-14(13(15)9-11(12)2)17(5)8-7-16(3)4/h9-10H,6-8,15H2,1-5H3. The molecule has 0 saturated heterocycles. The summed E-state index contributed by atoms with van der Waals surface area (Å²) in [7, 11) is 6.28. The van der Waals surface area contributed by atoms with E-state index in [1.165, 1.54) is 11.1 Å². The molecule has 1 aromatic rings. The molecule has 0 heterocycles. The molecular formula is C14H25N3. The van der Waals surface area contributed by atoms with Crippen molar-refractivity contribution in [2.75, 3.05) is 44.9 Å². The molecule has 0 aliphatic heterocycles. The van der Waals surface area contributed by atoms with E-state index < -0.39 is 0 Å². The Balaban J connectivity index is 2.89. The van der Waals surface area contributed by atoms with Gasteiger partial charge in [-0.2, -0.15) is 0 Å². The van der Waals surface area contributed by atoms with Gasteiger partial charge in [-0.05, 0) is 50.7 Å². The number of anilines is 2. The summed E-state index contributed by atoms with van der Waals surface area (Å²) in [4.78, 5) is 4.41. The lowest BCUT2D eigenvalue weighted by molar-refractivity contribution is 0.416. The van der Waals surface area contributed by atoms with Gasteiger partial charge in [0.25, 0.3) is 0 Å². The van der Waals surface area contributed by atoms with Gasteiger partial charge in [-0.1, -0.05) is 6.92 Å². The van der Waals surface area contributed by atoms with Crippen LogP contribution in [0.4, 0.5) is 11.4 Å². The largest absolute Gasteiger partial charge is 0.397 e. The van der Waals surface area contributed by atoms with E-state index in [0.717, 1.165) is 30.9 Å². The molecule has 0 spiro atoms. The van der Waals surface area contributed by atoms with E-state index in [9.17, 15) is 0 Å². The number of rotatable bonds is 5. The van der Waals surface area contributed by atoms with Crippen LogP contribution in [0.25, 0.3) is 0 Å². The molecule has 1 rings (SSSR count). The van der Waals surface area contributed by atoms with Crippen LogP contribution in [0.1, 0.15) is 18.1 Å². The molecule has 0 atom stereocenters. The SMILES string of the molecule is CCc1cc(N(C)CCN(C)C)c(N)cc1C. The maximum atomic E-state index is 6.10. The number of nitrogens with zero attached hydrogens (tertiary/aromatic N) is 2. The fourth-order valence-corrected chi connectivity index (χ4v) is 1.94. The summed E-state index contributed by atoms with van der Waals surface area (Å²) in [6, 6.07) is 4.31. The Hall–Kier alpha value is -1.22. The van der Waals surface area contributed by atoms with Gasteiger partial charge < -0.3 is 15.5 Å². The van der Waals surface area contributed by atoms with Crippen molar-refractivity contribution in [2.45, 2.75) is 20.3 Å². The van der Waals surface area contributed by atoms with Gasteiger partial charge in [-0.25, -0.2) is 0 Å². The third kappa shape index (κ3) is 3.63. The minimum atomic E-state index is 0.876. The molecule has 3 heteroatoms. The smallest absolute Gasteiger partial charge is 0.0600 e. The first-order valence-electron chi connectivity index (χ1n) is 6.20. The van der Waals surface area contributed by atoms with Crippen molar-refractivity contribution >= 4 is 11.4 Å². The second-order valence-corrected chi connectivity index (χ2v) is 4.92. The van der Waals surface area contributed by atoms with E-state index in [2.05, 4.69) is 56.9 Å². The Kier molecular flexibility index (Phi) is 4.82. The molecule has 96 valence electrons. The number of hydrogen-bond acceptors (Lipinski definition) is 3. The molecule has 0 amide bonds. The summed E-state index contributed by atoms with van der Waals surface area (Å²) in [5.41, 5.74) is 10.8. The van der Waals surface area contributed by atoms with Crippen LogP contribution in [-0.2, 0) is 6.42 Å². The zero-order chi connectivity index (χ0) is 13.0.